The molecule has 2 heterocycles. The van der Waals surface area contributed by atoms with Crippen LogP contribution in [-0.2, 0) is 4.79 Å². The second-order valence-corrected chi connectivity index (χ2v) is 10.6. The lowest BCUT2D eigenvalue weighted by Crippen LogP contribution is -2.52. The van der Waals surface area contributed by atoms with E-state index < -0.39 is 6.10 Å². The van der Waals surface area contributed by atoms with Gasteiger partial charge in [0.05, 0.1) is 17.7 Å². The smallest absolute Gasteiger partial charge is 0.231 e. The molecule has 1 aromatic carbocycles. The highest BCUT2D eigenvalue weighted by molar-refractivity contribution is 6.30. The molecule has 2 aromatic rings. The summed E-state index contributed by atoms with van der Waals surface area (Å²) in [4.78, 5) is 26.8. The van der Waals surface area contributed by atoms with Crippen molar-refractivity contribution < 1.29 is 9.90 Å². The molecular weight excluding hydrogens is 450 g/mol. The van der Waals surface area contributed by atoms with Crippen LogP contribution < -0.4 is 10.2 Å². The van der Waals surface area contributed by atoms with Crippen LogP contribution in [0.3, 0.4) is 0 Å². The summed E-state index contributed by atoms with van der Waals surface area (Å²) in [6, 6.07) is 7.62. The number of hydrogen-bond donors (Lipinski definition) is 2. The highest BCUT2D eigenvalue weighted by atomic mass is 35.5. The zero-order valence-electron chi connectivity index (χ0n) is 20.6. The third-order valence-electron chi connectivity index (χ3n) is 7.41. The standard InChI is InChI=1S/C26H36ClN5O2/c1-5-26(3,4)30-15-20(18-6-8-19(27)9-7-18)25(34)32-12-10-31(11-13-32)24-22-17(2)14-21(33)23(22)28-16-29-24/h6-9,16-17,20-21,30,33H,5,10-15H2,1-4H3/t17-,20-,21-/m1/s1. The number of piperazine rings is 1. The molecule has 1 saturated heterocycles. The second-order valence-electron chi connectivity index (χ2n) is 10.2. The van der Waals surface area contributed by atoms with E-state index in [9.17, 15) is 9.90 Å². The largest absolute Gasteiger partial charge is 0.387 e. The van der Waals surface area contributed by atoms with Gasteiger partial charge in [-0.05, 0) is 50.3 Å². The van der Waals surface area contributed by atoms with Crippen LogP contribution in [0.4, 0.5) is 5.82 Å². The van der Waals surface area contributed by atoms with E-state index >= 15 is 0 Å². The Hall–Kier alpha value is -2.22. The molecule has 2 aliphatic rings. The van der Waals surface area contributed by atoms with Gasteiger partial charge in [0.15, 0.2) is 0 Å². The lowest BCUT2D eigenvalue weighted by atomic mass is 9.94. The molecule has 1 aliphatic heterocycles. The SMILES string of the molecule is CCC(C)(C)NC[C@@H](C(=O)N1CCN(c2ncnc3c2[C@H](C)C[C@H]3O)CC1)c1ccc(Cl)cc1. The van der Waals surface area contributed by atoms with Gasteiger partial charge in [0.2, 0.25) is 5.91 Å². The van der Waals surface area contributed by atoms with Crippen molar-refractivity contribution in [3.05, 3.63) is 52.4 Å². The molecule has 1 aromatic heterocycles. The molecular formula is C26H36ClN5O2. The fraction of sp³-hybridized carbons (Fsp3) is 0.577. The van der Waals surface area contributed by atoms with Crippen LogP contribution in [0.25, 0.3) is 0 Å². The molecule has 1 aliphatic carbocycles. The first-order valence-corrected chi connectivity index (χ1v) is 12.6. The van der Waals surface area contributed by atoms with Gasteiger partial charge in [-0.1, -0.05) is 37.6 Å². The van der Waals surface area contributed by atoms with Crippen molar-refractivity contribution in [2.24, 2.45) is 0 Å². The number of carbonyl (C=O) groups excluding carboxylic acids is 1. The van der Waals surface area contributed by atoms with Gasteiger partial charge in [-0.3, -0.25) is 4.79 Å². The van der Waals surface area contributed by atoms with Crippen molar-refractivity contribution in [1.29, 1.82) is 0 Å². The van der Waals surface area contributed by atoms with E-state index in [0.29, 0.717) is 44.2 Å². The molecule has 0 spiro atoms. The van der Waals surface area contributed by atoms with E-state index in [1.54, 1.807) is 6.33 Å². The molecule has 7 nitrogen and oxygen atoms in total. The Labute approximate surface area is 207 Å². The van der Waals surface area contributed by atoms with Crippen LogP contribution in [0.15, 0.2) is 30.6 Å². The van der Waals surface area contributed by atoms with Crippen LogP contribution in [0.2, 0.25) is 5.02 Å². The molecule has 0 unspecified atom stereocenters. The summed E-state index contributed by atoms with van der Waals surface area (Å²) in [5.41, 5.74) is 2.74. The maximum absolute atomic E-state index is 13.7. The molecule has 4 rings (SSSR count). The summed E-state index contributed by atoms with van der Waals surface area (Å²) < 4.78 is 0. The van der Waals surface area contributed by atoms with Gasteiger partial charge in [-0.25, -0.2) is 9.97 Å². The van der Waals surface area contributed by atoms with Crippen LogP contribution >= 0.6 is 11.6 Å². The molecule has 184 valence electrons. The molecule has 0 radical (unpaired) electrons. The number of halogens is 1. The van der Waals surface area contributed by atoms with Gasteiger partial charge < -0.3 is 20.2 Å². The van der Waals surface area contributed by atoms with Gasteiger partial charge in [0.25, 0.3) is 0 Å². The van der Waals surface area contributed by atoms with Crippen molar-refractivity contribution >= 4 is 23.3 Å². The van der Waals surface area contributed by atoms with Crippen LogP contribution in [0, 0.1) is 0 Å². The number of nitrogens with zero attached hydrogens (tertiary/aromatic N) is 4. The molecule has 1 fully saturated rings. The number of benzene rings is 1. The number of aromatic nitrogens is 2. The lowest BCUT2D eigenvalue weighted by molar-refractivity contribution is -0.133. The number of aliphatic hydroxyl groups excluding tert-OH is 1. The van der Waals surface area contributed by atoms with E-state index in [1.165, 1.54) is 0 Å². The van der Waals surface area contributed by atoms with Crippen LogP contribution in [0.1, 0.15) is 75.3 Å². The van der Waals surface area contributed by atoms with E-state index in [-0.39, 0.29) is 23.3 Å². The van der Waals surface area contributed by atoms with Gasteiger partial charge in [0, 0.05) is 48.8 Å². The lowest BCUT2D eigenvalue weighted by Gasteiger charge is -2.38. The number of rotatable bonds is 7. The third kappa shape index (κ3) is 5.21. The van der Waals surface area contributed by atoms with Gasteiger partial charge in [0.1, 0.15) is 12.1 Å². The summed E-state index contributed by atoms with van der Waals surface area (Å²) in [5.74, 6) is 0.996. The first-order valence-electron chi connectivity index (χ1n) is 12.3. The molecule has 0 saturated carbocycles. The summed E-state index contributed by atoms with van der Waals surface area (Å²) >= 11 is 6.11. The fourth-order valence-corrected chi connectivity index (χ4v) is 4.99. The van der Waals surface area contributed by atoms with E-state index in [1.807, 2.05) is 29.2 Å². The summed E-state index contributed by atoms with van der Waals surface area (Å²) in [6.45, 7) is 11.8. The molecule has 8 heteroatoms. The first kappa shape index (κ1) is 24.9. The maximum atomic E-state index is 13.7. The number of aliphatic hydroxyl groups is 1. The molecule has 1 amide bonds. The highest BCUT2D eigenvalue weighted by Gasteiger charge is 2.35. The number of hydrogen-bond acceptors (Lipinski definition) is 6. The van der Waals surface area contributed by atoms with E-state index in [4.69, 9.17) is 11.6 Å². The fourth-order valence-electron chi connectivity index (χ4n) is 4.86. The first-order chi connectivity index (χ1) is 16.2. The van der Waals surface area contributed by atoms with Crippen molar-refractivity contribution in [3.8, 4) is 0 Å². The van der Waals surface area contributed by atoms with Crippen molar-refractivity contribution in [1.82, 2.24) is 20.2 Å². The van der Waals surface area contributed by atoms with Gasteiger partial charge in [-0.15, -0.1) is 0 Å². The minimum absolute atomic E-state index is 0.0433. The Balaban J connectivity index is 1.48. The zero-order chi connectivity index (χ0) is 24.5. The van der Waals surface area contributed by atoms with Crippen molar-refractivity contribution in [2.45, 2.75) is 64.0 Å². The van der Waals surface area contributed by atoms with Gasteiger partial charge in [-0.2, -0.15) is 0 Å². The van der Waals surface area contributed by atoms with Crippen molar-refractivity contribution in [3.63, 3.8) is 0 Å². The van der Waals surface area contributed by atoms with Crippen molar-refractivity contribution in [2.75, 3.05) is 37.6 Å². The normalized spacial score (nSPS) is 21.5. The average Bonchev–Trinajstić information content (AvgIpc) is 3.13. The Morgan fingerprint density at radius 3 is 2.53 bits per heavy atom. The monoisotopic (exact) mass is 485 g/mol. The Bertz CT molecular complexity index is 1000. The third-order valence-corrected chi connectivity index (χ3v) is 7.66. The molecule has 3 atom stereocenters. The number of fused-ring (bicyclic) bond motifs is 1. The van der Waals surface area contributed by atoms with Crippen LogP contribution in [0.5, 0.6) is 0 Å². The van der Waals surface area contributed by atoms with E-state index in [2.05, 4.69) is 47.9 Å². The Kier molecular flexibility index (Phi) is 7.45. The predicted molar refractivity (Wildman–Crippen MR) is 135 cm³/mol. The quantitative estimate of drug-likeness (QED) is 0.619. The number of nitrogens with one attached hydrogen (secondary N) is 1. The topological polar surface area (TPSA) is 81.6 Å². The minimum atomic E-state index is -0.519. The van der Waals surface area contributed by atoms with E-state index in [0.717, 1.165) is 29.1 Å². The molecule has 34 heavy (non-hydrogen) atoms. The predicted octanol–water partition coefficient (Wildman–Crippen LogP) is 3.88. The summed E-state index contributed by atoms with van der Waals surface area (Å²) in [7, 11) is 0. The maximum Gasteiger partial charge on any atom is 0.231 e. The number of anilines is 1. The zero-order valence-corrected chi connectivity index (χ0v) is 21.3. The average molecular weight is 486 g/mol. The van der Waals surface area contributed by atoms with Crippen LogP contribution in [-0.4, -0.2) is 64.1 Å². The molecule has 2 N–H and O–H groups in total. The minimum Gasteiger partial charge on any atom is -0.387 e. The summed E-state index contributed by atoms with van der Waals surface area (Å²) in [6.07, 6.45) is 2.69. The second kappa shape index (κ2) is 10.2. The number of amides is 1. The summed E-state index contributed by atoms with van der Waals surface area (Å²) in [5, 5.41) is 14.6. The Morgan fingerprint density at radius 1 is 1.21 bits per heavy atom. The van der Waals surface area contributed by atoms with Gasteiger partial charge >= 0.3 is 0 Å². The highest BCUT2D eigenvalue weighted by Crippen LogP contribution is 2.42. The number of carbonyl (C=O) groups is 1. The molecule has 0 bridgehead atoms. The Morgan fingerprint density at radius 2 is 1.88 bits per heavy atom.